The van der Waals surface area contributed by atoms with Gasteiger partial charge < -0.3 is 14.4 Å². The van der Waals surface area contributed by atoms with Gasteiger partial charge in [-0.2, -0.15) is 8.78 Å². The van der Waals surface area contributed by atoms with Crippen molar-refractivity contribution in [2.24, 2.45) is 5.92 Å². The molecular formula is C14H21F2N2O5P. The van der Waals surface area contributed by atoms with Crippen LogP contribution in [0.15, 0.2) is 15.8 Å². The van der Waals surface area contributed by atoms with Gasteiger partial charge in [-0.1, -0.05) is 6.92 Å². The molecule has 2 rings (SSSR count). The number of nitrogens with one attached hydrogen (secondary N) is 1. The van der Waals surface area contributed by atoms with E-state index in [0.29, 0.717) is 0 Å². The van der Waals surface area contributed by atoms with Crippen LogP contribution in [0.2, 0.25) is 0 Å². The Balaban J connectivity index is 2.31. The summed E-state index contributed by atoms with van der Waals surface area (Å²) >= 11 is 0. The number of ether oxygens (including phenoxy) is 1. The third kappa shape index (κ3) is 3.38. The average Bonchev–Trinajstić information content (AvgIpc) is 2.69. The Labute approximate surface area is 137 Å². The minimum absolute atomic E-state index is 0.221. The second kappa shape index (κ2) is 6.20. The lowest BCUT2D eigenvalue weighted by Crippen LogP contribution is -2.37. The summed E-state index contributed by atoms with van der Waals surface area (Å²) in [4.78, 5) is 25.4. The van der Waals surface area contributed by atoms with Crippen LogP contribution in [-0.2, 0) is 9.30 Å². The fourth-order valence-electron chi connectivity index (χ4n) is 2.56. The summed E-state index contributed by atoms with van der Waals surface area (Å²) in [5.41, 5.74) is -4.59. The molecule has 10 heteroatoms. The zero-order valence-electron chi connectivity index (χ0n) is 13.8. The number of halogens is 2. The first kappa shape index (κ1) is 19.0. The van der Waals surface area contributed by atoms with Gasteiger partial charge in [-0.25, -0.2) is 4.79 Å². The van der Waals surface area contributed by atoms with E-state index in [1.165, 1.54) is 20.0 Å². The number of aliphatic hydroxyl groups excluding tert-OH is 1. The summed E-state index contributed by atoms with van der Waals surface area (Å²) in [6.45, 7) is 4.98. The van der Waals surface area contributed by atoms with Gasteiger partial charge in [0.25, 0.3) is 11.2 Å². The largest absolute Gasteiger partial charge is 0.388 e. The topological polar surface area (TPSA) is 101 Å². The van der Waals surface area contributed by atoms with Crippen LogP contribution in [0, 0.1) is 12.8 Å². The molecule has 0 saturated carbocycles. The molecule has 1 fully saturated rings. The predicted molar refractivity (Wildman–Crippen MR) is 84.2 cm³/mol. The number of alkyl halides is 2. The Morgan fingerprint density at radius 2 is 2.00 bits per heavy atom. The molecule has 2 N–H and O–H groups in total. The Kier molecular flexibility index (Phi) is 4.92. The maximum atomic E-state index is 14.1. The van der Waals surface area contributed by atoms with E-state index < -0.39 is 54.8 Å². The molecule has 4 atom stereocenters. The van der Waals surface area contributed by atoms with E-state index in [9.17, 15) is 28.0 Å². The standard InChI is InChI=1S/C14H21F2N2O5P/c1-7-6-18(13(21)17-11(7)20)12-10(19)8(2)9(23-12)5-14(15,16)24(3,4)22/h6,8-10,12,19H,5H2,1-4H3,(H,17,20,21)/t8-,9-,10+,12-/m1/s1. The summed E-state index contributed by atoms with van der Waals surface area (Å²) < 4.78 is 46.3. The first-order valence-corrected chi connectivity index (χ1v) is 10.0. The van der Waals surface area contributed by atoms with Crippen LogP contribution in [0.1, 0.15) is 25.1 Å². The number of hydrogen-bond acceptors (Lipinski definition) is 5. The van der Waals surface area contributed by atoms with Crippen molar-refractivity contribution in [2.75, 3.05) is 13.3 Å². The highest BCUT2D eigenvalue weighted by Crippen LogP contribution is 2.57. The summed E-state index contributed by atoms with van der Waals surface area (Å²) in [5, 5.41) is 10.3. The van der Waals surface area contributed by atoms with Crippen molar-refractivity contribution < 1.29 is 23.2 Å². The van der Waals surface area contributed by atoms with Crippen LogP contribution >= 0.6 is 7.14 Å². The fourth-order valence-corrected chi connectivity index (χ4v) is 3.18. The van der Waals surface area contributed by atoms with Gasteiger partial charge in [0.1, 0.15) is 13.2 Å². The number of aromatic amines is 1. The first-order chi connectivity index (χ1) is 10.8. The van der Waals surface area contributed by atoms with Crippen LogP contribution in [0.4, 0.5) is 8.78 Å². The van der Waals surface area contributed by atoms with Crippen molar-refractivity contribution in [3.05, 3.63) is 32.6 Å². The highest BCUT2D eigenvalue weighted by molar-refractivity contribution is 7.63. The van der Waals surface area contributed by atoms with Crippen molar-refractivity contribution in [3.63, 3.8) is 0 Å². The molecule has 0 unspecified atom stereocenters. The van der Waals surface area contributed by atoms with Gasteiger partial charge in [0.05, 0.1) is 6.10 Å². The first-order valence-electron chi connectivity index (χ1n) is 7.43. The van der Waals surface area contributed by atoms with Crippen molar-refractivity contribution in [1.29, 1.82) is 0 Å². The van der Waals surface area contributed by atoms with Gasteiger partial charge >= 0.3 is 5.69 Å². The lowest BCUT2D eigenvalue weighted by Gasteiger charge is -2.25. The molecule has 0 amide bonds. The third-order valence-corrected chi connectivity index (χ3v) is 6.14. The number of aliphatic hydroxyl groups is 1. The van der Waals surface area contributed by atoms with Gasteiger partial charge in [-0.05, 0) is 20.3 Å². The average molecular weight is 366 g/mol. The molecular weight excluding hydrogens is 345 g/mol. The van der Waals surface area contributed by atoms with Crippen molar-refractivity contribution in [3.8, 4) is 0 Å². The zero-order valence-corrected chi connectivity index (χ0v) is 14.7. The van der Waals surface area contributed by atoms with Crippen LogP contribution in [0.3, 0.4) is 0 Å². The van der Waals surface area contributed by atoms with Crippen LogP contribution in [0.5, 0.6) is 0 Å². The molecule has 1 aliphatic heterocycles. The Morgan fingerprint density at radius 3 is 2.54 bits per heavy atom. The van der Waals surface area contributed by atoms with Crippen molar-refractivity contribution in [1.82, 2.24) is 9.55 Å². The van der Waals surface area contributed by atoms with Gasteiger partial charge in [-0.3, -0.25) is 14.3 Å². The molecule has 0 radical (unpaired) electrons. The molecule has 0 bridgehead atoms. The molecule has 1 saturated heterocycles. The SMILES string of the molecule is Cc1cn([C@@H]2O[C@H](CC(F)(F)P(C)(C)=O)[C@@H](C)[C@@H]2O)c(=O)[nH]c1=O. The van der Waals surface area contributed by atoms with Gasteiger partial charge in [-0.15, -0.1) is 0 Å². The monoisotopic (exact) mass is 366 g/mol. The second-order valence-electron chi connectivity index (χ2n) is 6.61. The van der Waals surface area contributed by atoms with E-state index in [2.05, 4.69) is 4.98 Å². The van der Waals surface area contributed by atoms with E-state index in [1.54, 1.807) is 0 Å². The molecule has 1 aromatic heterocycles. The summed E-state index contributed by atoms with van der Waals surface area (Å²) in [6, 6.07) is 0. The predicted octanol–water partition coefficient (Wildman–Crippen LogP) is 1.35. The summed E-state index contributed by atoms with van der Waals surface area (Å²) in [7, 11) is -3.69. The lowest BCUT2D eigenvalue weighted by atomic mass is 9.98. The van der Waals surface area contributed by atoms with E-state index in [4.69, 9.17) is 4.74 Å². The van der Waals surface area contributed by atoms with Crippen LogP contribution in [-0.4, -0.2) is 45.9 Å². The van der Waals surface area contributed by atoms with Crippen LogP contribution in [0.25, 0.3) is 0 Å². The van der Waals surface area contributed by atoms with Gasteiger partial charge in [0, 0.05) is 24.1 Å². The number of rotatable bonds is 4. The van der Waals surface area contributed by atoms with Crippen LogP contribution < -0.4 is 11.2 Å². The smallest absolute Gasteiger partial charge is 0.330 e. The number of nitrogens with zero attached hydrogens (tertiary/aromatic N) is 1. The van der Waals surface area contributed by atoms with E-state index in [1.807, 2.05) is 0 Å². The number of H-pyrrole nitrogens is 1. The molecule has 1 aliphatic rings. The van der Waals surface area contributed by atoms with Crippen molar-refractivity contribution >= 4 is 7.14 Å². The molecule has 0 spiro atoms. The van der Waals surface area contributed by atoms with Crippen molar-refractivity contribution in [2.45, 2.75) is 44.4 Å². The molecule has 136 valence electrons. The van der Waals surface area contributed by atoms with Gasteiger partial charge in [0.2, 0.25) is 0 Å². The number of aromatic nitrogens is 2. The van der Waals surface area contributed by atoms with Gasteiger partial charge in [0.15, 0.2) is 6.23 Å². The number of aryl methyl sites for hydroxylation is 1. The summed E-state index contributed by atoms with van der Waals surface area (Å²) in [5.74, 6) is -0.702. The molecule has 7 nitrogen and oxygen atoms in total. The minimum atomic E-state index is -3.69. The minimum Gasteiger partial charge on any atom is -0.388 e. The molecule has 0 aliphatic carbocycles. The Bertz CT molecular complexity index is 784. The maximum absolute atomic E-state index is 14.1. The fraction of sp³-hybridized carbons (Fsp3) is 0.714. The van der Waals surface area contributed by atoms with E-state index >= 15 is 0 Å². The summed E-state index contributed by atoms with van der Waals surface area (Å²) in [6.07, 6.45) is -3.10. The van der Waals surface area contributed by atoms with E-state index in [-0.39, 0.29) is 5.56 Å². The Morgan fingerprint density at radius 1 is 1.42 bits per heavy atom. The molecule has 1 aromatic rings. The molecule has 24 heavy (non-hydrogen) atoms. The normalized spacial score (nSPS) is 28.3. The second-order valence-corrected chi connectivity index (χ2v) is 9.97. The molecule has 0 aromatic carbocycles. The zero-order chi connectivity index (χ0) is 18.4. The number of hydrogen-bond donors (Lipinski definition) is 2. The maximum Gasteiger partial charge on any atom is 0.330 e. The lowest BCUT2D eigenvalue weighted by molar-refractivity contribution is -0.0630. The highest BCUT2D eigenvalue weighted by atomic mass is 31.2. The Hall–Kier alpha value is -1.31. The highest BCUT2D eigenvalue weighted by Gasteiger charge is 2.51. The quantitative estimate of drug-likeness (QED) is 0.784. The third-order valence-electron chi connectivity index (χ3n) is 4.39. The van der Waals surface area contributed by atoms with E-state index in [0.717, 1.165) is 17.9 Å². The molecule has 2 heterocycles.